The Hall–Kier alpha value is -1.60. The number of nitrogens with zero attached hydrogens (tertiary/aromatic N) is 3. The number of aromatic nitrogens is 1. The van der Waals surface area contributed by atoms with Gasteiger partial charge in [0, 0.05) is 12.7 Å². The van der Waals surface area contributed by atoms with Crippen molar-refractivity contribution in [3.63, 3.8) is 0 Å². The maximum Gasteiger partial charge on any atom is 0.147 e. The van der Waals surface area contributed by atoms with Gasteiger partial charge in [-0.3, -0.25) is 0 Å². The van der Waals surface area contributed by atoms with E-state index in [0.29, 0.717) is 11.5 Å². The first-order valence-corrected chi connectivity index (χ1v) is 5.92. The van der Waals surface area contributed by atoms with Gasteiger partial charge in [-0.05, 0) is 30.9 Å². The van der Waals surface area contributed by atoms with E-state index in [2.05, 4.69) is 22.9 Å². The SMILES string of the molecule is Cc1ccnc(N2CCC(C)C2CO)c1C#N. The lowest BCUT2D eigenvalue weighted by atomic mass is 10.0. The van der Waals surface area contributed by atoms with E-state index in [-0.39, 0.29) is 12.6 Å². The Morgan fingerprint density at radius 2 is 2.41 bits per heavy atom. The molecule has 1 aliphatic heterocycles. The summed E-state index contributed by atoms with van der Waals surface area (Å²) in [4.78, 5) is 6.38. The minimum atomic E-state index is 0.0800. The van der Waals surface area contributed by atoms with Crippen LogP contribution in [0.4, 0.5) is 5.82 Å². The highest BCUT2D eigenvalue weighted by atomic mass is 16.3. The van der Waals surface area contributed by atoms with Gasteiger partial charge in [0.1, 0.15) is 11.9 Å². The van der Waals surface area contributed by atoms with Gasteiger partial charge in [0.15, 0.2) is 0 Å². The van der Waals surface area contributed by atoms with E-state index in [0.717, 1.165) is 24.3 Å². The third-order valence-electron chi connectivity index (χ3n) is 3.59. The number of anilines is 1. The topological polar surface area (TPSA) is 60.1 Å². The first kappa shape index (κ1) is 11.9. The van der Waals surface area contributed by atoms with Crippen LogP contribution in [0.25, 0.3) is 0 Å². The van der Waals surface area contributed by atoms with Gasteiger partial charge >= 0.3 is 0 Å². The lowest BCUT2D eigenvalue weighted by Gasteiger charge is -2.27. The summed E-state index contributed by atoms with van der Waals surface area (Å²) >= 11 is 0. The molecule has 1 aromatic rings. The molecule has 0 radical (unpaired) electrons. The number of aryl methyl sites for hydroxylation is 1. The molecule has 0 amide bonds. The molecule has 4 heteroatoms. The van der Waals surface area contributed by atoms with Crippen LogP contribution in [-0.2, 0) is 0 Å². The van der Waals surface area contributed by atoms with E-state index in [1.165, 1.54) is 0 Å². The summed E-state index contributed by atoms with van der Waals surface area (Å²) in [6.45, 7) is 5.01. The maximum absolute atomic E-state index is 9.45. The molecule has 2 heterocycles. The summed E-state index contributed by atoms with van der Waals surface area (Å²) in [6, 6.07) is 4.14. The van der Waals surface area contributed by atoms with Crippen LogP contribution in [0.2, 0.25) is 0 Å². The Kier molecular flexibility index (Phi) is 3.30. The van der Waals surface area contributed by atoms with Crippen molar-refractivity contribution < 1.29 is 5.11 Å². The fraction of sp³-hybridized carbons (Fsp3) is 0.538. The molecule has 1 aromatic heterocycles. The minimum absolute atomic E-state index is 0.0800. The van der Waals surface area contributed by atoms with Gasteiger partial charge in [-0.1, -0.05) is 6.92 Å². The van der Waals surface area contributed by atoms with Crippen molar-refractivity contribution >= 4 is 5.82 Å². The summed E-state index contributed by atoms with van der Waals surface area (Å²) in [6.07, 6.45) is 2.76. The maximum atomic E-state index is 9.45. The van der Waals surface area contributed by atoms with E-state index >= 15 is 0 Å². The van der Waals surface area contributed by atoms with Crippen LogP contribution in [0.3, 0.4) is 0 Å². The molecule has 1 N–H and O–H groups in total. The standard InChI is InChI=1S/C13H17N3O/c1-9-3-5-15-13(11(9)7-14)16-6-4-10(2)12(16)8-17/h3,5,10,12,17H,4,6,8H2,1-2H3. The molecule has 0 aliphatic carbocycles. The van der Waals surface area contributed by atoms with Crippen LogP contribution >= 0.6 is 0 Å². The molecule has 17 heavy (non-hydrogen) atoms. The zero-order valence-electron chi connectivity index (χ0n) is 10.2. The van der Waals surface area contributed by atoms with Crippen LogP contribution < -0.4 is 4.90 Å². The number of nitriles is 1. The second-order valence-electron chi connectivity index (χ2n) is 4.65. The van der Waals surface area contributed by atoms with E-state index in [4.69, 9.17) is 0 Å². The smallest absolute Gasteiger partial charge is 0.147 e. The van der Waals surface area contributed by atoms with E-state index in [9.17, 15) is 10.4 Å². The van der Waals surface area contributed by atoms with Gasteiger partial charge in [0.05, 0.1) is 18.2 Å². The third-order valence-corrected chi connectivity index (χ3v) is 3.59. The number of aliphatic hydroxyl groups excluding tert-OH is 1. The normalized spacial score (nSPS) is 23.8. The molecule has 1 saturated heterocycles. The Morgan fingerprint density at radius 3 is 3.06 bits per heavy atom. The molecular formula is C13H17N3O. The van der Waals surface area contributed by atoms with Gasteiger partial charge in [0.25, 0.3) is 0 Å². The summed E-state index contributed by atoms with van der Waals surface area (Å²) in [5.74, 6) is 1.16. The van der Waals surface area contributed by atoms with Crippen molar-refractivity contribution in [2.75, 3.05) is 18.1 Å². The Bertz CT molecular complexity index is 452. The van der Waals surface area contributed by atoms with Crippen molar-refractivity contribution in [3.8, 4) is 6.07 Å². The van der Waals surface area contributed by atoms with Crippen LogP contribution in [0.5, 0.6) is 0 Å². The van der Waals surface area contributed by atoms with Crippen LogP contribution in [-0.4, -0.2) is 29.3 Å². The van der Waals surface area contributed by atoms with Gasteiger partial charge in [-0.25, -0.2) is 4.98 Å². The van der Waals surface area contributed by atoms with Gasteiger partial charge < -0.3 is 10.0 Å². The van der Waals surface area contributed by atoms with Crippen LogP contribution in [0, 0.1) is 24.2 Å². The average Bonchev–Trinajstić information content (AvgIpc) is 2.69. The highest BCUT2D eigenvalue weighted by Crippen LogP contribution is 2.30. The summed E-state index contributed by atoms with van der Waals surface area (Å²) in [5, 5.41) is 18.7. The zero-order chi connectivity index (χ0) is 12.4. The molecule has 0 bridgehead atoms. The summed E-state index contributed by atoms with van der Waals surface area (Å²) < 4.78 is 0. The van der Waals surface area contributed by atoms with Crippen molar-refractivity contribution in [1.29, 1.82) is 5.26 Å². The fourth-order valence-electron chi connectivity index (χ4n) is 2.45. The Labute approximate surface area is 102 Å². The van der Waals surface area contributed by atoms with Crippen LogP contribution in [0.1, 0.15) is 24.5 Å². The zero-order valence-corrected chi connectivity index (χ0v) is 10.2. The third kappa shape index (κ3) is 1.98. The van der Waals surface area contributed by atoms with Gasteiger partial charge in [0.2, 0.25) is 0 Å². The predicted molar refractivity (Wildman–Crippen MR) is 65.7 cm³/mol. The largest absolute Gasteiger partial charge is 0.394 e. The highest BCUT2D eigenvalue weighted by Gasteiger charge is 2.32. The second kappa shape index (κ2) is 4.72. The number of hydrogen-bond donors (Lipinski definition) is 1. The number of pyridine rings is 1. The molecule has 2 unspecified atom stereocenters. The van der Waals surface area contributed by atoms with Gasteiger partial charge in [-0.2, -0.15) is 5.26 Å². The first-order chi connectivity index (χ1) is 8.19. The number of aliphatic hydroxyl groups is 1. The van der Waals surface area contributed by atoms with Crippen LogP contribution in [0.15, 0.2) is 12.3 Å². The monoisotopic (exact) mass is 231 g/mol. The molecule has 4 nitrogen and oxygen atoms in total. The van der Waals surface area contributed by atoms with E-state index in [1.807, 2.05) is 13.0 Å². The fourth-order valence-corrected chi connectivity index (χ4v) is 2.45. The molecule has 0 saturated carbocycles. The number of hydrogen-bond acceptors (Lipinski definition) is 4. The molecule has 2 rings (SSSR count). The molecule has 0 aromatic carbocycles. The van der Waals surface area contributed by atoms with Crippen molar-refractivity contribution in [1.82, 2.24) is 4.98 Å². The van der Waals surface area contributed by atoms with Crippen molar-refractivity contribution in [2.24, 2.45) is 5.92 Å². The lowest BCUT2D eigenvalue weighted by molar-refractivity contribution is 0.244. The molecule has 1 fully saturated rings. The summed E-state index contributed by atoms with van der Waals surface area (Å²) in [5.41, 5.74) is 1.56. The molecule has 0 spiro atoms. The molecule has 2 atom stereocenters. The van der Waals surface area contributed by atoms with Crippen molar-refractivity contribution in [2.45, 2.75) is 26.3 Å². The van der Waals surface area contributed by atoms with E-state index < -0.39 is 0 Å². The quantitative estimate of drug-likeness (QED) is 0.837. The average molecular weight is 231 g/mol. The number of rotatable bonds is 2. The van der Waals surface area contributed by atoms with E-state index in [1.54, 1.807) is 6.20 Å². The minimum Gasteiger partial charge on any atom is -0.394 e. The first-order valence-electron chi connectivity index (χ1n) is 5.92. The summed E-state index contributed by atoms with van der Waals surface area (Å²) in [7, 11) is 0. The Balaban J connectivity index is 2.41. The predicted octanol–water partition coefficient (Wildman–Crippen LogP) is 1.47. The second-order valence-corrected chi connectivity index (χ2v) is 4.65. The molecule has 1 aliphatic rings. The molecule has 90 valence electrons. The van der Waals surface area contributed by atoms with Crippen molar-refractivity contribution in [3.05, 3.63) is 23.4 Å². The Morgan fingerprint density at radius 1 is 1.65 bits per heavy atom. The molecular weight excluding hydrogens is 214 g/mol. The lowest BCUT2D eigenvalue weighted by Crippen LogP contribution is -2.36. The van der Waals surface area contributed by atoms with Gasteiger partial charge in [-0.15, -0.1) is 0 Å². The highest BCUT2D eigenvalue weighted by molar-refractivity contribution is 5.58.